The van der Waals surface area contributed by atoms with Crippen LogP contribution in [0.15, 0.2) is 24.3 Å². The number of esters is 1. The van der Waals surface area contributed by atoms with E-state index in [1.165, 1.54) is 31.3 Å². The highest BCUT2D eigenvalue weighted by Crippen LogP contribution is 2.77. The van der Waals surface area contributed by atoms with Crippen LogP contribution in [0.4, 0.5) is 0 Å². The van der Waals surface area contributed by atoms with Gasteiger partial charge in [0.25, 0.3) is 0 Å². The van der Waals surface area contributed by atoms with Gasteiger partial charge in [-0.1, -0.05) is 46.8 Å². The fourth-order valence-electron chi connectivity index (χ4n) is 11.9. The first kappa shape index (κ1) is 28.9. The molecule has 0 aromatic rings. The third-order valence-corrected chi connectivity index (χ3v) is 14.1. The predicted octanol–water partition coefficient (Wildman–Crippen LogP) is 7.19. The van der Waals surface area contributed by atoms with Gasteiger partial charge in [-0.05, 0) is 122 Å². The van der Waals surface area contributed by atoms with Crippen molar-refractivity contribution in [2.45, 2.75) is 112 Å². The molecule has 0 saturated heterocycles. The van der Waals surface area contributed by atoms with Gasteiger partial charge in [-0.25, -0.2) is 9.59 Å². The number of aliphatic carboxylic acids is 1. The Kier molecular flexibility index (Phi) is 7.01. The number of aliphatic hydroxyl groups excluding tert-OH is 1. The molecular weight excluding hydrogens is 488 g/mol. The van der Waals surface area contributed by atoms with Gasteiger partial charge in [-0.2, -0.15) is 0 Å². The number of carbonyl (C=O) groups is 2. The SMILES string of the molecule is C=C(C)[C@@H]1CC[C@]2(COC(=O)/C=C/C(=O)O)CC[C@]3(C)C(CCC4[C@@]5(C)CC[C@H](O)C(C)(C)C5CC[C@]43C)C12. The Hall–Kier alpha value is -1.62. The molecule has 0 radical (unpaired) electrons. The molecule has 5 aliphatic carbocycles. The molecule has 39 heavy (non-hydrogen) atoms. The summed E-state index contributed by atoms with van der Waals surface area (Å²) in [5, 5.41) is 19.9. The zero-order chi connectivity index (χ0) is 28.6. The Bertz CT molecular complexity index is 1060. The molecule has 0 amide bonds. The average Bonchev–Trinajstić information content (AvgIpc) is 3.25. The van der Waals surface area contributed by atoms with Crippen molar-refractivity contribution < 1.29 is 24.5 Å². The molecule has 5 saturated carbocycles. The van der Waals surface area contributed by atoms with E-state index in [2.05, 4.69) is 48.1 Å². The van der Waals surface area contributed by atoms with Crippen molar-refractivity contribution in [1.82, 2.24) is 0 Å². The highest BCUT2D eigenvalue weighted by atomic mass is 16.5. The fourth-order valence-corrected chi connectivity index (χ4v) is 11.9. The summed E-state index contributed by atoms with van der Waals surface area (Å²) in [6.45, 7) is 19.4. The number of hydrogen-bond donors (Lipinski definition) is 2. The van der Waals surface area contributed by atoms with Gasteiger partial charge in [0.15, 0.2) is 0 Å². The molecule has 2 N–H and O–H groups in total. The summed E-state index contributed by atoms with van der Waals surface area (Å²) in [4.78, 5) is 23.3. The molecule has 5 nitrogen and oxygen atoms in total. The van der Waals surface area contributed by atoms with Gasteiger partial charge >= 0.3 is 11.9 Å². The summed E-state index contributed by atoms with van der Waals surface area (Å²) < 4.78 is 5.79. The summed E-state index contributed by atoms with van der Waals surface area (Å²) in [5.41, 5.74) is 1.88. The van der Waals surface area contributed by atoms with Crippen molar-refractivity contribution in [1.29, 1.82) is 0 Å². The lowest BCUT2D eigenvalue weighted by Crippen LogP contribution is -2.66. The molecule has 4 unspecified atom stereocenters. The topological polar surface area (TPSA) is 83.8 Å². The Morgan fingerprint density at radius 3 is 2.26 bits per heavy atom. The standard InChI is InChI=1S/C34H52O5/c1-21(2)22-12-17-34(20-39-28(38)11-10-27(36)37)19-18-32(6)23(29(22)34)8-9-25-31(5)15-14-26(35)30(3,4)24(31)13-16-33(25,32)7/h10-11,22-26,29,35H,1,8-9,12-20H2,2-7H3,(H,36,37)/b11-10+/t22-,23?,24?,25?,26-,29?,31-,32+,33+,34+/m0/s1. The second kappa shape index (κ2) is 9.46. The van der Waals surface area contributed by atoms with E-state index in [0.29, 0.717) is 36.2 Å². The maximum Gasteiger partial charge on any atom is 0.331 e. The second-order valence-electron chi connectivity index (χ2n) is 15.7. The molecule has 0 bridgehead atoms. The van der Waals surface area contributed by atoms with Gasteiger partial charge < -0.3 is 14.9 Å². The van der Waals surface area contributed by atoms with Crippen LogP contribution in [0, 0.1) is 56.7 Å². The largest absolute Gasteiger partial charge is 0.478 e. The number of aliphatic hydroxyl groups is 1. The van der Waals surface area contributed by atoms with Crippen molar-refractivity contribution in [2.75, 3.05) is 6.61 Å². The Labute approximate surface area is 235 Å². The molecule has 0 aromatic carbocycles. The van der Waals surface area contributed by atoms with E-state index in [1.54, 1.807) is 0 Å². The Balaban J connectivity index is 1.47. The Morgan fingerprint density at radius 1 is 0.872 bits per heavy atom. The molecule has 0 aromatic heterocycles. The molecule has 0 spiro atoms. The molecule has 5 fully saturated rings. The molecular formula is C34H52O5. The summed E-state index contributed by atoms with van der Waals surface area (Å²) in [5.74, 6) is 0.977. The monoisotopic (exact) mass is 540 g/mol. The summed E-state index contributed by atoms with van der Waals surface area (Å²) in [6, 6.07) is 0. The van der Waals surface area contributed by atoms with Gasteiger partial charge in [-0.3, -0.25) is 0 Å². The van der Waals surface area contributed by atoms with Crippen molar-refractivity contribution in [3.63, 3.8) is 0 Å². The third kappa shape index (κ3) is 4.10. The van der Waals surface area contributed by atoms with Crippen LogP contribution in [0.1, 0.15) is 106 Å². The first-order valence-corrected chi connectivity index (χ1v) is 15.5. The van der Waals surface area contributed by atoms with Crippen molar-refractivity contribution in [3.05, 3.63) is 24.3 Å². The number of fused-ring (bicyclic) bond motifs is 7. The Morgan fingerprint density at radius 2 is 1.59 bits per heavy atom. The van der Waals surface area contributed by atoms with Gasteiger partial charge in [0.2, 0.25) is 0 Å². The molecule has 5 rings (SSSR count). The van der Waals surface area contributed by atoms with E-state index in [9.17, 15) is 14.7 Å². The maximum absolute atomic E-state index is 12.4. The minimum Gasteiger partial charge on any atom is -0.478 e. The number of carboxylic acids is 1. The van der Waals surface area contributed by atoms with E-state index in [-0.39, 0.29) is 33.2 Å². The van der Waals surface area contributed by atoms with Gasteiger partial charge in [0, 0.05) is 17.6 Å². The van der Waals surface area contributed by atoms with E-state index in [4.69, 9.17) is 9.84 Å². The highest BCUT2D eigenvalue weighted by molar-refractivity contribution is 5.90. The third-order valence-electron chi connectivity index (χ3n) is 14.1. The number of carbonyl (C=O) groups excluding carboxylic acids is 1. The lowest BCUT2D eigenvalue weighted by atomic mass is 9.32. The van der Waals surface area contributed by atoms with E-state index >= 15 is 0 Å². The lowest BCUT2D eigenvalue weighted by Gasteiger charge is -2.73. The smallest absolute Gasteiger partial charge is 0.331 e. The number of rotatable bonds is 5. The summed E-state index contributed by atoms with van der Waals surface area (Å²) >= 11 is 0. The minimum atomic E-state index is -1.14. The molecule has 0 heterocycles. The van der Waals surface area contributed by atoms with Crippen LogP contribution in [0.5, 0.6) is 0 Å². The van der Waals surface area contributed by atoms with Gasteiger partial charge in [0.05, 0.1) is 12.7 Å². The van der Waals surface area contributed by atoms with Crippen molar-refractivity contribution in [3.8, 4) is 0 Å². The van der Waals surface area contributed by atoms with Crippen LogP contribution < -0.4 is 0 Å². The molecule has 10 atom stereocenters. The maximum atomic E-state index is 12.4. The van der Waals surface area contributed by atoms with Crippen molar-refractivity contribution in [2.24, 2.45) is 56.7 Å². The summed E-state index contributed by atoms with van der Waals surface area (Å²) in [6.07, 6.45) is 13.0. The number of carboxylic acid groups (broad SMARTS) is 1. The van der Waals surface area contributed by atoms with Crippen molar-refractivity contribution >= 4 is 11.9 Å². The lowest BCUT2D eigenvalue weighted by molar-refractivity contribution is -0.249. The minimum absolute atomic E-state index is 0.0384. The quantitative estimate of drug-likeness (QED) is 0.219. The zero-order valence-corrected chi connectivity index (χ0v) is 25.2. The first-order valence-electron chi connectivity index (χ1n) is 15.5. The van der Waals surface area contributed by atoms with Crippen LogP contribution in [0.3, 0.4) is 0 Å². The van der Waals surface area contributed by atoms with E-state index in [1.807, 2.05) is 0 Å². The molecule has 0 aliphatic heterocycles. The molecule has 5 aliphatic rings. The van der Waals surface area contributed by atoms with Crippen LogP contribution in [0.2, 0.25) is 0 Å². The number of hydrogen-bond acceptors (Lipinski definition) is 4. The van der Waals surface area contributed by atoms with Crippen LogP contribution in [-0.4, -0.2) is 34.9 Å². The van der Waals surface area contributed by atoms with Crippen LogP contribution in [0.25, 0.3) is 0 Å². The number of ether oxygens (including phenoxy) is 1. The zero-order valence-electron chi connectivity index (χ0n) is 25.2. The molecule has 218 valence electrons. The van der Waals surface area contributed by atoms with Crippen LogP contribution >= 0.6 is 0 Å². The summed E-state index contributed by atoms with van der Waals surface area (Å²) in [7, 11) is 0. The predicted molar refractivity (Wildman–Crippen MR) is 153 cm³/mol. The second-order valence-corrected chi connectivity index (χ2v) is 15.7. The fraction of sp³-hybridized carbons (Fsp3) is 0.824. The highest BCUT2D eigenvalue weighted by Gasteiger charge is 2.70. The van der Waals surface area contributed by atoms with E-state index in [0.717, 1.165) is 50.7 Å². The van der Waals surface area contributed by atoms with Gasteiger partial charge in [0.1, 0.15) is 0 Å². The van der Waals surface area contributed by atoms with E-state index < -0.39 is 11.9 Å². The normalized spacial score (nSPS) is 48.4. The van der Waals surface area contributed by atoms with Crippen LogP contribution in [-0.2, 0) is 14.3 Å². The average molecular weight is 541 g/mol. The molecule has 5 heteroatoms. The van der Waals surface area contributed by atoms with Gasteiger partial charge in [-0.15, -0.1) is 0 Å². The first-order chi connectivity index (χ1) is 18.1. The number of allylic oxidation sites excluding steroid dienone is 1.